The van der Waals surface area contributed by atoms with Gasteiger partial charge in [-0.3, -0.25) is 0 Å². The highest BCUT2D eigenvalue weighted by atomic mass is 127. The topological polar surface area (TPSA) is 9.23 Å². The molecule has 0 aromatic heterocycles. The lowest BCUT2D eigenvalue weighted by Crippen LogP contribution is -2.21. The number of ether oxygens (including phenoxy) is 1. The highest BCUT2D eigenvalue weighted by Crippen LogP contribution is 2.34. The van der Waals surface area contributed by atoms with Gasteiger partial charge in [0.25, 0.3) is 0 Å². The van der Waals surface area contributed by atoms with Crippen molar-refractivity contribution in [2.45, 2.75) is 95.6 Å². The Hall–Kier alpha value is 0.127. The normalized spacial score (nSPS) is 21.2. The van der Waals surface area contributed by atoms with Crippen LogP contribution in [0.5, 0.6) is 0 Å². The SMILES string of the molecule is CCCCCCCc1ccc([C@H]2CC[C@H](OCCC[SiH2]I)CC2)cc1. The summed E-state index contributed by atoms with van der Waals surface area (Å²) < 4.78 is 6.08. The molecule has 0 saturated heterocycles. The highest BCUT2D eigenvalue weighted by molar-refractivity contribution is 14.1. The summed E-state index contributed by atoms with van der Waals surface area (Å²) in [7, 11) is 0.198. The van der Waals surface area contributed by atoms with Crippen molar-refractivity contribution in [3.63, 3.8) is 0 Å². The zero-order valence-electron chi connectivity index (χ0n) is 16.1. The Kier molecular flexibility index (Phi) is 11.4. The van der Waals surface area contributed by atoms with E-state index in [1.54, 1.807) is 5.56 Å². The molecule has 1 saturated carbocycles. The lowest BCUT2D eigenvalue weighted by Gasteiger charge is -2.29. The molecule has 1 fully saturated rings. The van der Waals surface area contributed by atoms with Crippen LogP contribution in [0, 0.1) is 0 Å². The van der Waals surface area contributed by atoms with Gasteiger partial charge in [-0.2, -0.15) is 0 Å². The van der Waals surface area contributed by atoms with Gasteiger partial charge in [0, 0.05) is 6.61 Å². The van der Waals surface area contributed by atoms with Crippen LogP contribution >= 0.6 is 21.8 Å². The number of benzene rings is 1. The third-order valence-electron chi connectivity index (χ3n) is 5.58. The van der Waals surface area contributed by atoms with Crippen molar-refractivity contribution in [3.8, 4) is 0 Å². The van der Waals surface area contributed by atoms with Crippen molar-refractivity contribution >= 4 is 28.8 Å². The molecule has 0 spiro atoms. The minimum atomic E-state index is 0.198. The van der Waals surface area contributed by atoms with Gasteiger partial charge >= 0.3 is 0 Å². The van der Waals surface area contributed by atoms with Crippen LogP contribution in [-0.2, 0) is 11.2 Å². The zero-order chi connectivity index (χ0) is 17.7. The largest absolute Gasteiger partial charge is 0.378 e. The number of halogens is 1. The van der Waals surface area contributed by atoms with Crippen molar-refractivity contribution in [3.05, 3.63) is 35.4 Å². The molecule has 2 rings (SSSR count). The van der Waals surface area contributed by atoms with Gasteiger partial charge in [0.1, 0.15) is 0 Å². The molecule has 1 aliphatic carbocycles. The predicted octanol–water partition coefficient (Wildman–Crippen LogP) is 6.57. The van der Waals surface area contributed by atoms with Gasteiger partial charge in [0.2, 0.25) is 0 Å². The van der Waals surface area contributed by atoms with Crippen LogP contribution in [0.1, 0.15) is 88.2 Å². The summed E-state index contributed by atoms with van der Waals surface area (Å²) in [5.74, 6) is 0.764. The monoisotopic (exact) mass is 472 g/mol. The average molecular weight is 473 g/mol. The molecule has 0 atom stereocenters. The number of hydrogen-bond donors (Lipinski definition) is 0. The number of rotatable bonds is 12. The smallest absolute Gasteiger partial charge is 0.0938 e. The average Bonchev–Trinajstić information content (AvgIpc) is 2.66. The summed E-state index contributed by atoms with van der Waals surface area (Å²) in [6.07, 6.45) is 15.1. The van der Waals surface area contributed by atoms with E-state index >= 15 is 0 Å². The van der Waals surface area contributed by atoms with E-state index < -0.39 is 0 Å². The molecular formula is C22H37IOSi. The standard InChI is InChI=1S/C22H37IOSi/c1-2-3-4-5-6-8-19-9-11-20(12-10-19)21-13-15-22(16-14-21)24-17-7-18-25-23/h9-12,21-22H,2-8,13-18,25H2,1H3/t21-,22-. The fourth-order valence-electron chi connectivity index (χ4n) is 3.90. The summed E-state index contributed by atoms with van der Waals surface area (Å²) in [5, 5.41) is 0. The summed E-state index contributed by atoms with van der Waals surface area (Å²) in [6, 6.07) is 11.0. The molecule has 1 aromatic rings. The molecular weight excluding hydrogens is 435 g/mol. The van der Waals surface area contributed by atoms with Gasteiger partial charge in [0.15, 0.2) is 0 Å². The molecule has 0 amide bonds. The number of aryl methyl sites for hydroxylation is 1. The maximum Gasteiger partial charge on any atom is 0.0938 e. The lowest BCUT2D eigenvalue weighted by atomic mass is 9.82. The molecule has 142 valence electrons. The van der Waals surface area contributed by atoms with Crippen LogP contribution in [0.4, 0.5) is 0 Å². The van der Waals surface area contributed by atoms with Crippen LogP contribution in [0.15, 0.2) is 24.3 Å². The molecule has 0 unspecified atom stereocenters. The van der Waals surface area contributed by atoms with Crippen molar-refractivity contribution in [1.82, 2.24) is 0 Å². The predicted molar refractivity (Wildman–Crippen MR) is 122 cm³/mol. The third kappa shape index (κ3) is 8.57. The molecule has 1 nitrogen and oxygen atoms in total. The first-order valence-electron chi connectivity index (χ1n) is 10.6. The maximum absolute atomic E-state index is 6.08. The first kappa shape index (κ1) is 21.4. The summed E-state index contributed by atoms with van der Waals surface area (Å²) in [4.78, 5) is 0. The molecule has 0 N–H and O–H groups in total. The second-order valence-electron chi connectivity index (χ2n) is 7.65. The summed E-state index contributed by atoms with van der Waals surface area (Å²) >= 11 is 2.59. The third-order valence-corrected chi connectivity index (χ3v) is 8.63. The van der Waals surface area contributed by atoms with E-state index in [2.05, 4.69) is 53.0 Å². The van der Waals surface area contributed by atoms with Crippen LogP contribution < -0.4 is 0 Å². The van der Waals surface area contributed by atoms with Crippen LogP contribution in [0.3, 0.4) is 0 Å². The van der Waals surface area contributed by atoms with E-state index in [4.69, 9.17) is 4.74 Å². The first-order valence-corrected chi connectivity index (χ1v) is 16.7. The molecule has 0 heterocycles. The van der Waals surface area contributed by atoms with E-state index in [0.29, 0.717) is 6.10 Å². The van der Waals surface area contributed by atoms with E-state index in [0.717, 1.165) is 12.5 Å². The zero-order valence-corrected chi connectivity index (χ0v) is 19.7. The Bertz CT molecular complexity index is 440. The second kappa shape index (κ2) is 13.3. The molecule has 25 heavy (non-hydrogen) atoms. The quantitative estimate of drug-likeness (QED) is 0.145. The van der Waals surface area contributed by atoms with Crippen LogP contribution in [0.2, 0.25) is 6.04 Å². The number of unbranched alkanes of at least 4 members (excludes halogenated alkanes) is 4. The lowest BCUT2D eigenvalue weighted by molar-refractivity contribution is 0.0252. The summed E-state index contributed by atoms with van der Waals surface area (Å²) in [6.45, 7) is 3.28. The molecule has 1 aromatic carbocycles. The van der Waals surface area contributed by atoms with Gasteiger partial charge in [-0.05, 0) is 62.0 Å². The first-order chi connectivity index (χ1) is 12.3. The van der Waals surface area contributed by atoms with E-state index in [1.807, 2.05) is 0 Å². The Morgan fingerprint density at radius 3 is 2.36 bits per heavy atom. The molecule has 1 aliphatic rings. The van der Waals surface area contributed by atoms with Crippen molar-refractivity contribution in [1.29, 1.82) is 0 Å². The van der Waals surface area contributed by atoms with E-state index in [9.17, 15) is 0 Å². The second-order valence-corrected chi connectivity index (χ2v) is 12.0. The fourth-order valence-corrected chi connectivity index (χ4v) is 5.91. The molecule has 0 radical (unpaired) electrons. The Labute approximate surface area is 170 Å². The van der Waals surface area contributed by atoms with Crippen molar-refractivity contribution in [2.24, 2.45) is 0 Å². The Morgan fingerprint density at radius 1 is 0.960 bits per heavy atom. The van der Waals surface area contributed by atoms with Crippen LogP contribution in [-0.4, -0.2) is 19.7 Å². The van der Waals surface area contributed by atoms with Gasteiger partial charge in [-0.1, -0.05) is 62.9 Å². The Balaban J connectivity index is 1.65. The van der Waals surface area contributed by atoms with Gasteiger partial charge in [0.05, 0.1) is 13.1 Å². The van der Waals surface area contributed by atoms with E-state index in [1.165, 1.54) is 82.2 Å². The molecule has 3 heteroatoms. The molecule has 0 aliphatic heterocycles. The molecule has 0 bridgehead atoms. The van der Waals surface area contributed by atoms with E-state index in [-0.39, 0.29) is 7.02 Å². The van der Waals surface area contributed by atoms with Crippen LogP contribution in [0.25, 0.3) is 0 Å². The number of hydrogen-bond acceptors (Lipinski definition) is 1. The Morgan fingerprint density at radius 2 is 1.68 bits per heavy atom. The van der Waals surface area contributed by atoms with Gasteiger partial charge < -0.3 is 4.74 Å². The maximum atomic E-state index is 6.08. The minimum absolute atomic E-state index is 0.198. The summed E-state index contributed by atoms with van der Waals surface area (Å²) in [5.41, 5.74) is 3.08. The fraction of sp³-hybridized carbons (Fsp3) is 0.727. The highest BCUT2D eigenvalue weighted by Gasteiger charge is 2.22. The van der Waals surface area contributed by atoms with Crippen molar-refractivity contribution < 1.29 is 4.74 Å². The van der Waals surface area contributed by atoms with Gasteiger partial charge in [-0.25, -0.2) is 0 Å². The minimum Gasteiger partial charge on any atom is -0.378 e. The van der Waals surface area contributed by atoms with Crippen molar-refractivity contribution in [2.75, 3.05) is 6.61 Å². The van der Waals surface area contributed by atoms with Gasteiger partial charge in [-0.15, -0.1) is 21.8 Å².